The van der Waals surface area contributed by atoms with Crippen LogP contribution in [0.2, 0.25) is 10.0 Å². The highest BCUT2D eigenvalue weighted by Gasteiger charge is 2.17. The molecule has 1 aromatic rings. The van der Waals surface area contributed by atoms with Crippen molar-refractivity contribution in [2.24, 2.45) is 5.73 Å². The van der Waals surface area contributed by atoms with Crippen LogP contribution in [0.25, 0.3) is 0 Å². The maximum Gasteiger partial charge on any atom is 0.149 e. The molecule has 0 aliphatic rings. The Labute approximate surface area is 84.7 Å². The Hall–Kier alpha value is -0.820. The predicted molar refractivity (Wildman–Crippen MR) is 49.0 cm³/mol. The summed E-state index contributed by atoms with van der Waals surface area (Å²) in [5, 5.41) is 8.50. The van der Waals surface area contributed by atoms with Gasteiger partial charge in [0.1, 0.15) is 11.9 Å². The molecular weight excluding hydrogens is 214 g/mol. The highest BCUT2D eigenvalue weighted by atomic mass is 35.5. The summed E-state index contributed by atoms with van der Waals surface area (Å²) in [6.07, 6.45) is 0. The van der Waals surface area contributed by atoms with Gasteiger partial charge in [-0.3, -0.25) is 0 Å². The van der Waals surface area contributed by atoms with Crippen molar-refractivity contribution in [2.45, 2.75) is 6.04 Å². The van der Waals surface area contributed by atoms with E-state index in [2.05, 4.69) is 0 Å². The lowest BCUT2D eigenvalue weighted by Gasteiger charge is -2.07. The van der Waals surface area contributed by atoms with Crippen molar-refractivity contribution in [2.75, 3.05) is 0 Å². The molecule has 0 fully saturated rings. The second-order valence-electron chi connectivity index (χ2n) is 2.36. The number of rotatable bonds is 1. The predicted octanol–water partition coefficient (Wildman–Crippen LogP) is 2.66. The van der Waals surface area contributed by atoms with E-state index in [0.29, 0.717) is 0 Å². The molecule has 0 heterocycles. The van der Waals surface area contributed by atoms with Crippen LogP contribution < -0.4 is 5.73 Å². The molecule has 0 aliphatic carbocycles. The van der Waals surface area contributed by atoms with E-state index in [9.17, 15) is 4.39 Å². The van der Waals surface area contributed by atoms with Crippen LogP contribution in [0.1, 0.15) is 11.6 Å². The monoisotopic (exact) mass is 218 g/mol. The zero-order chi connectivity index (χ0) is 10.0. The number of nitrogens with zero attached hydrogens (tertiary/aromatic N) is 1. The minimum atomic E-state index is -1.09. The van der Waals surface area contributed by atoms with Crippen molar-refractivity contribution in [1.29, 1.82) is 5.26 Å². The summed E-state index contributed by atoms with van der Waals surface area (Å²) in [4.78, 5) is 0. The molecule has 0 amide bonds. The Morgan fingerprint density at radius 3 is 2.46 bits per heavy atom. The van der Waals surface area contributed by atoms with Gasteiger partial charge in [-0.05, 0) is 12.1 Å². The Morgan fingerprint density at radius 2 is 1.92 bits per heavy atom. The summed E-state index contributed by atoms with van der Waals surface area (Å²) < 4.78 is 13.3. The molecule has 0 aliphatic heterocycles. The van der Waals surface area contributed by atoms with Gasteiger partial charge >= 0.3 is 0 Å². The Kier molecular flexibility index (Phi) is 3.10. The summed E-state index contributed by atoms with van der Waals surface area (Å²) in [6, 6.07) is 3.31. The van der Waals surface area contributed by atoms with E-state index in [4.69, 9.17) is 34.2 Å². The Balaban J connectivity index is 3.35. The van der Waals surface area contributed by atoms with Crippen LogP contribution >= 0.6 is 23.2 Å². The fourth-order valence-corrected chi connectivity index (χ4v) is 1.32. The lowest BCUT2D eigenvalue weighted by Crippen LogP contribution is -2.10. The van der Waals surface area contributed by atoms with Crippen LogP contribution in [-0.2, 0) is 0 Å². The van der Waals surface area contributed by atoms with E-state index in [0.717, 1.165) is 0 Å². The minimum absolute atomic E-state index is 0.0586. The first kappa shape index (κ1) is 10.3. The SMILES string of the molecule is N#C[C@@H](N)c1c(Cl)ccc(Cl)c1F. The van der Waals surface area contributed by atoms with Gasteiger partial charge in [0.2, 0.25) is 0 Å². The van der Waals surface area contributed by atoms with Crippen LogP contribution in [0.5, 0.6) is 0 Å². The van der Waals surface area contributed by atoms with Crippen molar-refractivity contribution >= 4 is 23.2 Å². The van der Waals surface area contributed by atoms with E-state index in [-0.39, 0.29) is 15.6 Å². The molecular formula is C8H5Cl2FN2. The van der Waals surface area contributed by atoms with Gasteiger partial charge in [-0.15, -0.1) is 0 Å². The number of nitriles is 1. The lowest BCUT2D eigenvalue weighted by atomic mass is 10.1. The fraction of sp³-hybridized carbons (Fsp3) is 0.125. The van der Waals surface area contributed by atoms with Crippen molar-refractivity contribution in [3.05, 3.63) is 33.6 Å². The summed E-state index contributed by atoms with van der Waals surface area (Å²) in [5.74, 6) is -0.733. The molecule has 1 atom stereocenters. The standard InChI is InChI=1S/C8H5Cl2FN2/c9-4-1-2-5(10)8(11)7(4)6(13)3-12/h1-2,6H,13H2/t6-/m1/s1. The molecule has 0 unspecified atom stereocenters. The highest BCUT2D eigenvalue weighted by molar-refractivity contribution is 6.33. The van der Waals surface area contributed by atoms with Gasteiger partial charge in [0.25, 0.3) is 0 Å². The first-order valence-electron chi connectivity index (χ1n) is 3.36. The third kappa shape index (κ3) is 1.92. The number of hydrogen-bond donors (Lipinski definition) is 1. The van der Waals surface area contributed by atoms with Gasteiger partial charge in [0.05, 0.1) is 11.1 Å². The third-order valence-electron chi connectivity index (χ3n) is 1.53. The number of benzene rings is 1. The molecule has 0 saturated carbocycles. The maximum atomic E-state index is 13.3. The molecule has 5 heteroatoms. The number of halogens is 3. The van der Waals surface area contributed by atoms with E-state index in [1.807, 2.05) is 0 Å². The molecule has 2 N–H and O–H groups in total. The zero-order valence-electron chi connectivity index (χ0n) is 6.39. The molecule has 1 aromatic carbocycles. The lowest BCUT2D eigenvalue weighted by molar-refractivity contribution is 0.604. The third-order valence-corrected chi connectivity index (χ3v) is 2.15. The van der Waals surface area contributed by atoms with Gasteiger partial charge in [0.15, 0.2) is 0 Å². The average molecular weight is 219 g/mol. The maximum absolute atomic E-state index is 13.3. The zero-order valence-corrected chi connectivity index (χ0v) is 7.90. The molecule has 1 rings (SSSR count). The van der Waals surface area contributed by atoms with Crippen molar-refractivity contribution in [3.8, 4) is 6.07 Å². The second kappa shape index (κ2) is 3.93. The Morgan fingerprint density at radius 1 is 1.38 bits per heavy atom. The van der Waals surface area contributed by atoms with Crippen LogP contribution in [0.4, 0.5) is 4.39 Å². The van der Waals surface area contributed by atoms with E-state index in [1.54, 1.807) is 6.07 Å². The smallest absolute Gasteiger partial charge is 0.149 e. The van der Waals surface area contributed by atoms with Crippen LogP contribution in [0.15, 0.2) is 12.1 Å². The van der Waals surface area contributed by atoms with Crippen molar-refractivity contribution in [3.63, 3.8) is 0 Å². The van der Waals surface area contributed by atoms with Crippen LogP contribution in [0.3, 0.4) is 0 Å². The van der Waals surface area contributed by atoms with Gasteiger partial charge in [-0.1, -0.05) is 23.2 Å². The van der Waals surface area contributed by atoms with Gasteiger partial charge in [-0.25, -0.2) is 4.39 Å². The van der Waals surface area contributed by atoms with Crippen LogP contribution in [0, 0.1) is 17.1 Å². The number of hydrogen-bond acceptors (Lipinski definition) is 2. The van der Waals surface area contributed by atoms with E-state index >= 15 is 0 Å². The molecule has 0 spiro atoms. The minimum Gasteiger partial charge on any atom is -0.312 e. The first-order valence-corrected chi connectivity index (χ1v) is 4.12. The Bertz CT molecular complexity index is 373. The van der Waals surface area contributed by atoms with E-state index in [1.165, 1.54) is 12.1 Å². The van der Waals surface area contributed by atoms with Crippen molar-refractivity contribution < 1.29 is 4.39 Å². The summed E-state index contributed by atoms with van der Waals surface area (Å²) in [5.41, 5.74) is 5.26. The molecule has 0 aromatic heterocycles. The molecule has 68 valence electrons. The molecule has 2 nitrogen and oxygen atoms in total. The topological polar surface area (TPSA) is 49.8 Å². The molecule has 0 bridgehead atoms. The fourth-order valence-electron chi connectivity index (χ4n) is 0.892. The quantitative estimate of drug-likeness (QED) is 0.738. The van der Waals surface area contributed by atoms with Crippen LogP contribution in [-0.4, -0.2) is 0 Å². The number of nitrogens with two attached hydrogens (primary N) is 1. The molecule has 0 saturated heterocycles. The highest BCUT2D eigenvalue weighted by Crippen LogP contribution is 2.28. The van der Waals surface area contributed by atoms with Gasteiger partial charge in [-0.2, -0.15) is 5.26 Å². The van der Waals surface area contributed by atoms with Gasteiger partial charge in [0, 0.05) is 10.6 Å². The van der Waals surface area contributed by atoms with Crippen molar-refractivity contribution in [1.82, 2.24) is 0 Å². The summed E-state index contributed by atoms with van der Waals surface area (Å²) in [7, 11) is 0. The largest absolute Gasteiger partial charge is 0.312 e. The van der Waals surface area contributed by atoms with E-state index < -0.39 is 11.9 Å². The normalized spacial score (nSPS) is 12.2. The molecule has 13 heavy (non-hydrogen) atoms. The average Bonchev–Trinajstić information content (AvgIpc) is 2.12. The second-order valence-corrected chi connectivity index (χ2v) is 3.18. The van der Waals surface area contributed by atoms with Gasteiger partial charge < -0.3 is 5.73 Å². The first-order chi connectivity index (χ1) is 6.07. The molecule has 0 radical (unpaired) electrons. The summed E-state index contributed by atoms with van der Waals surface area (Å²) in [6.45, 7) is 0. The summed E-state index contributed by atoms with van der Waals surface area (Å²) >= 11 is 11.1.